The lowest BCUT2D eigenvalue weighted by molar-refractivity contribution is 0.117. The van der Waals surface area contributed by atoms with Gasteiger partial charge in [0, 0.05) is 6.04 Å². The van der Waals surface area contributed by atoms with Crippen LogP contribution in [-0.4, -0.2) is 23.3 Å². The molecule has 6 heteroatoms. The number of aliphatic hydroxyl groups is 1. The molecule has 0 aromatic rings. The highest BCUT2D eigenvalue weighted by molar-refractivity contribution is 5.73. The minimum absolute atomic E-state index is 0.0464. The molecule has 2 amide bonds. The highest BCUT2D eigenvalue weighted by Crippen LogP contribution is 2.17. The third-order valence-corrected chi connectivity index (χ3v) is 2.18. The van der Waals surface area contributed by atoms with E-state index in [1.54, 1.807) is 5.43 Å². The summed E-state index contributed by atoms with van der Waals surface area (Å²) in [6.45, 7) is 0. The molecule has 0 radical (unpaired) electrons. The summed E-state index contributed by atoms with van der Waals surface area (Å²) >= 11 is 0. The molecule has 74 valence electrons. The summed E-state index contributed by atoms with van der Waals surface area (Å²) in [7, 11) is 0. The van der Waals surface area contributed by atoms with Crippen LogP contribution in [0.3, 0.4) is 0 Å². The summed E-state index contributed by atoms with van der Waals surface area (Å²) in [5, 5.41) is 14.0. The van der Waals surface area contributed by atoms with E-state index in [2.05, 4.69) is 10.6 Å². The fraction of sp³-hybridized carbons (Fsp3) is 0.857. The molecule has 1 aliphatic carbocycles. The van der Waals surface area contributed by atoms with Gasteiger partial charge in [-0.25, -0.2) is 4.79 Å². The van der Waals surface area contributed by atoms with Crippen molar-refractivity contribution in [3.8, 4) is 0 Å². The number of rotatable bonds is 2. The molecule has 0 aliphatic heterocycles. The Hall–Kier alpha value is -1.17. The van der Waals surface area contributed by atoms with Crippen molar-refractivity contribution in [3.05, 3.63) is 4.91 Å². The number of nitrogens with one attached hydrogen (secondary N) is 2. The Morgan fingerprint density at radius 1 is 1.31 bits per heavy atom. The first kappa shape index (κ1) is 9.91. The molecule has 13 heavy (non-hydrogen) atoms. The number of hydrogen-bond acceptors (Lipinski definition) is 4. The van der Waals surface area contributed by atoms with E-state index in [4.69, 9.17) is 5.11 Å². The number of nitrogens with zero attached hydrogens (tertiary/aromatic N) is 1. The van der Waals surface area contributed by atoms with Crippen LogP contribution in [0.5, 0.6) is 0 Å². The Labute approximate surface area is 75.6 Å². The molecule has 1 saturated carbocycles. The van der Waals surface area contributed by atoms with Crippen molar-refractivity contribution in [1.29, 1.82) is 0 Å². The summed E-state index contributed by atoms with van der Waals surface area (Å²) in [6, 6.07) is -0.526. The van der Waals surface area contributed by atoms with Gasteiger partial charge >= 0.3 is 6.03 Å². The predicted octanol–water partition coefficient (Wildman–Crippen LogP) is 0.270. The van der Waals surface area contributed by atoms with Crippen LogP contribution in [0.1, 0.15) is 25.7 Å². The molecule has 6 nitrogen and oxygen atoms in total. The summed E-state index contributed by atoms with van der Waals surface area (Å²) in [5.74, 6) is 0. The van der Waals surface area contributed by atoms with E-state index in [0.717, 1.165) is 12.8 Å². The van der Waals surface area contributed by atoms with Gasteiger partial charge < -0.3 is 10.4 Å². The van der Waals surface area contributed by atoms with Gasteiger partial charge in [-0.15, -0.1) is 4.91 Å². The fourth-order valence-corrected chi connectivity index (χ4v) is 1.48. The highest BCUT2D eigenvalue weighted by atomic mass is 16.3. The van der Waals surface area contributed by atoms with Gasteiger partial charge in [0.05, 0.1) is 11.4 Å². The third kappa shape index (κ3) is 3.37. The molecule has 0 atom stereocenters. The maximum atomic E-state index is 10.8. The molecular formula is C7H13N3O3. The molecule has 1 aliphatic rings. The smallest absolute Gasteiger partial charge is 0.337 e. The largest absolute Gasteiger partial charge is 0.393 e. The average Bonchev–Trinajstić information content (AvgIpc) is 2.09. The Morgan fingerprint density at radius 3 is 2.46 bits per heavy atom. The number of carbonyl (C=O) groups is 1. The number of amides is 2. The molecule has 3 N–H and O–H groups in total. The minimum Gasteiger partial charge on any atom is -0.393 e. The van der Waals surface area contributed by atoms with Crippen molar-refractivity contribution in [3.63, 3.8) is 0 Å². The molecule has 0 aromatic heterocycles. The molecule has 0 bridgehead atoms. The van der Waals surface area contributed by atoms with Crippen LogP contribution in [0, 0.1) is 4.91 Å². The molecule has 0 aromatic carbocycles. The number of urea groups is 1. The van der Waals surface area contributed by atoms with E-state index in [9.17, 15) is 9.70 Å². The van der Waals surface area contributed by atoms with E-state index in [-0.39, 0.29) is 12.1 Å². The second kappa shape index (κ2) is 4.76. The van der Waals surface area contributed by atoms with Crippen LogP contribution < -0.4 is 10.7 Å². The molecule has 0 saturated heterocycles. The van der Waals surface area contributed by atoms with Crippen LogP contribution in [0.25, 0.3) is 0 Å². The lowest BCUT2D eigenvalue weighted by atomic mass is 9.93. The highest BCUT2D eigenvalue weighted by Gasteiger charge is 2.20. The van der Waals surface area contributed by atoms with E-state index in [1.165, 1.54) is 0 Å². The van der Waals surface area contributed by atoms with Gasteiger partial charge in [0.25, 0.3) is 0 Å². The van der Waals surface area contributed by atoms with Gasteiger partial charge in [-0.1, -0.05) is 0 Å². The van der Waals surface area contributed by atoms with Crippen molar-refractivity contribution in [2.45, 2.75) is 37.8 Å². The fourth-order valence-electron chi connectivity index (χ4n) is 1.48. The lowest BCUT2D eigenvalue weighted by Crippen LogP contribution is -2.42. The van der Waals surface area contributed by atoms with Crippen LogP contribution in [-0.2, 0) is 0 Å². The number of nitroso groups, excluding NO2 is 1. The van der Waals surface area contributed by atoms with Gasteiger partial charge in [-0.3, -0.25) is 0 Å². The van der Waals surface area contributed by atoms with Crippen molar-refractivity contribution in [2.24, 2.45) is 5.29 Å². The van der Waals surface area contributed by atoms with E-state index in [0.29, 0.717) is 12.8 Å². The number of carbonyl (C=O) groups excluding carboxylic acids is 1. The van der Waals surface area contributed by atoms with Gasteiger partial charge in [-0.05, 0) is 25.7 Å². The Morgan fingerprint density at radius 2 is 1.92 bits per heavy atom. The second-order valence-electron chi connectivity index (χ2n) is 3.18. The molecule has 1 rings (SSSR count). The molecule has 1 fully saturated rings. The minimum atomic E-state index is -0.573. The maximum absolute atomic E-state index is 10.8. The Kier molecular flexibility index (Phi) is 3.63. The van der Waals surface area contributed by atoms with E-state index in [1.807, 2.05) is 0 Å². The van der Waals surface area contributed by atoms with E-state index < -0.39 is 6.03 Å². The molecule has 0 heterocycles. The zero-order valence-corrected chi connectivity index (χ0v) is 7.19. The first-order chi connectivity index (χ1) is 6.22. The van der Waals surface area contributed by atoms with Crippen LogP contribution in [0.15, 0.2) is 5.29 Å². The molecular weight excluding hydrogens is 174 g/mol. The Balaban J connectivity index is 2.22. The van der Waals surface area contributed by atoms with Gasteiger partial charge in [-0.2, -0.15) is 5.43 Å². The summed E-state index contributed by atoms with van der Waals surface area (Å²) in [4.78, 5) is 20.5. The monoisotopic (exact) mass is 187 g/mol. The van der Waals surface area contributed by atoms with Crippen molar-refractivity contribution >= 4 is 6.03 Å². The first-order valence-corrected chi connectivity index (χ1v) is 4.29. The van der Waals surface area contributed by atoms with Gasteiger partial charge in [0.2, 0.25) is 0 Å². The Bertz CT molecular complexity index is 189. The normalized spacial score (nSPS) is 27.8. The number of aliphatic hydroxyl groups excluding tert-OH is 1. The van der Waals surface area contributed by atoms with Gasteiger partial charge in [0.15, 0.2) is 0 Å². The zero-order valence-electron chi connectivity index (χ0n) is 7.19. The lowest BCUT2D eigenvalue weighted by Gasteiger charge is -2.25. The quantitative estimate of drug-likeness (QED) is 0.428. The van der Waals surface area contributed by atoms with Crippen molar-refractivity contribution < 1.29 is 9.90 Å². The van der Waals surface area contributed by atoms with Crippen LogP contribution >= 0.6 is 0 Å². The summed E-state index contributed by atoms with van der Waals surface area (Å²) in [5.41, 5.74) is 1.76. The summed E-state index contributed by atoms with van der Waals surface area (Å²) in [6.07, 6.45) is 2.63. The topological polar surface area (TPSA) is 90.8 Å². The third-order valence-electron chi connectivity index (χ3n) is 2.18. The zero-order chi connectivity index (χ0) is 9.68. The van der Waals surface area contributed by atoms with Crippen molar-refractivity contribution in [2.75, 3.05) is 0 Å². The standard InChI is InChI=1S/C7H13N3O3/c11-6-3-1-5(2-4-6)8-7(12)9-10-13/h5-6,11H,1-4H2,(H2,8,9,12,13). The average molecular weight is 187 g/mol. The van der Waals surface area contributed by atoms with Crippen LogP contribution in [0.2, 0.25) is 0 Å². The summed E-state index contributed by atoms with van der Waals surface area (Å²) < 4.78 is 0. The SMILES string of the molecule is O=NNC(=O)NC1CCC(O)CC1. The maximum Gasteiger partial charge on any atom is 0.337 e. The molecule has 0 spiro atoms. The predicted molar refractivity (Wildman–Crippen MR) is 45.7 cm³/mol. The first-order valence-electron chi connectivity index (χ1n) is 4.29. The molecule has 0 unspecified atom stereocenters. The van der Waals surface area contributed by atoms with Crippen LogP contribution in [0.4, 0.5) is 4.79 Å². The second-order valence-corrected chi connectivity index (χ2v) is 3.18. The van der Waals surface area contributed by atoms with Crippen molar-refractivity contribution in [1.82, 2.24) is 10.7 Å². The van der Waals surface area contributed by atoms with Gasteiger partial charge in [0.1, 0.15) is 0 Å². The number of hydrogen-bond donors (Lipinski definition) is 3. The van der Waals surface area contributed by atoms with E-state index >= 15 is 0 Å².